The van der Waals surface area contributed by atoms with E-state index < -0.39 is 11.4 Å². The van der Waals surface area contributed by atoms with E-state index in [9.17, 15) is 14.7 Å². The highest BCUT2D eigenvalue weighted by Crippen LogP contribution is 2.49. The van der Waals surface area contributed by atoms with Gasteiger partial charge in [0, 0.05) is 17.8 Å². The fourth-order valence-electron chi connectivity index (χ4n) is 4.17. The Labute approximate surface area is 160 Å². The zero-order valence-corrected chi connectivity index (χ0v) is 15.5. The number of carboxylic acid groups (broad SMARTS) is 1. The van der Waals surface area contributed by atoms with Crippen LogP contribution in [-0.4, -0.2) is 27.2 Å². The molecule has 3 heterocycles. The Bertz CT molecular complexity index is 1020. The number of rotatable bonds is 4. The Morgan fingerprint density at radius 1 is 1.37 bits per heavy atom. The summed E-state index contributed by atoms with van der Waals surface area (Å²) in [6.07, 6.45) is 7.58. The van der Waals surface area contributed by atoms with Crippen molar-refractivity contribution in [1.82, 2.24) is 9.55 Å². The second kappa shape index (κ2) is 5.83. The molecule has 0 amide bonds. The van der Waals surface area contributed by atoms with Gasteiger partial charge in [-0.2, -0.15) is 0 Å². The van der Waals surface area contributed by atoms with E-state index in [1.165, 1.54) is 25.1 Å². The van der Waals surface area contributed by atoms with Crippen LogP contribution in [0.4, 0.5) is 0 Å². The van der Waals surface area contributed by atoms with Gasteiger partial charge in [0.2, 0.25) is 0 Å². The van der Waals surface area contributed by atoms with Gasteiger partial charge in [-0.1, -0.05) is 11.6 Å². The van der Waals surface area contributed by atoms with Crippen LogP contribution < -0.4 is 10.2 Å². The third kappa shape index (κ3) is 2.65. The molecule has 6 nitrogen and oxygen atoms in total. The number of carbonyl (C=O) groups is 1. The fraction of sp³-hybridized carbons (Fsp3) is 0.450. The van der Waals surface area contributed by atoms with Crippen molar-refractivity contribution < 1.29 is 14.6 Å². The standard InChI is InChI=1S/C20H19ClN2O4/c21-18-16(27-10-11-2-3-11)6-12-8-20(4-1-5-20)23-9-13(19(25)26)15(24)7-14(23)17(12)22-18/h6-7,9,11H,1-5,8,10H2,(H,25,26). The summed E-state index contributed by atoms with van der Waals surface area (Å²) < 4.78 is 7.81. The molecule has 140 valence electrons. The third-order valence-electron chi connectivity index (χ3n) is 6.03. The van der Waals surface area contributed by atoms with E-state index in [1.54, 1.807) is 0 Å². The molecule has 0 aromatic carbocycles. The molecule has 2 aromatic rings. The van der Waals surface area contributed by atoms with Crippen LogP contribution >= 0.6 is 11.6 Å². The zero-order valence-electron chi connectivity index (χ0n) is 14.7. The van der Waals surface area contributed by atoms with Crippen LogP contribution in [0.25, 0.3) is 11.4 Å². The van der Waals surface area contributed by atoms with Crippen LogP contribution in [0.5, 0.6) is 5.75 Å². The van der Waals surface area contributed by atoms with Crippen molar-refractivity contribution in [2.24, 2.45) is 5.92 Å². The summed E-state index contributed by atoms with van der Waals surface area (Å²) >= 11 is 6.35. The summed E-state index contributed by atoms with van der Waals surface area (Å²) in [6.45, 7) is 0.656. The van der Waals surface area contributed by atoms with Gasteiger partial charge in [0.1, 0.15) is 5.56 Å². The summed E-state index contributed by atoms with van der Waals surface area (Å²) in [7, 11) is 0. The molecule has 2 aromatic heterocycles. The normalized spacial score (nSPS) is 19.1. The third-order valence-corrected chi connectivity index (χ3v) is 6.30. The molecule has 7 heteroatoms. The van der Waals surface area contributed by atoms with Crippen molar-refractivity contribution in [1.29, 1.82) is 0 Å². The Kier molecular flexibility index (Phi) is 3.63. The van der Waals surface area contributed by atoms with Gasteiger partial charge in [-0.3, -0.25) is 4.79 Å². The first kappa shape index (κ1) is 16.8. The van der Waals surface area contributed by atoms with E-state index in [0.717, 1.165) is 31.2 Å². The Balaban J connectivity index is 1.65. The smallest absolute Gasteiger partial charge is 0.341 e. The number of carboxylic acids is 1. The number of hydrogen-bond acceptors (Lipinski definition) is 4. The number of pyridine rings is 2. The molecule has 2 saturated carbocycles. The van der Waals surface area contributed by atoms with Crippen molar-refractivity contribution in [3.63, 3.8) is 0 Å². The van der Waals surface area contributed by atoms with Crippen LogP contribution in [0.1, 0.15) is 48.0 Å². The molecule has 0 unspecified atom stereocenters. The number of ether oxygens (including phenoxy) is 1. The maximum atomic E-state index is 12.3. The largest absolute Gasteiger partial charge is 0.490 e. The quantitative estimate of drug-likeness (QED) is 0.813. The van der Waals surface area contributed by atoms with Crippen LogP contribution in [0.3, 0.4) is 0 Å². The van der Waals surface area contributed by atoms with Crippen LogP contribution in [0.15, 0.2) is 23.1 Å². The van der Waals surface area contributed by atoms with Gasteiger partial charge >= 0.3 is 5.97 Å². The molecule has 0 radical (unpaired) electrons. The average Bonchev–Trinajstić information content (AvgIpc) is 3.42. The van der Waals surface area contributed by atoms with E-state index in [0.29, 0.717) is 29.7 Å². The van der Waals surface area contributed by atoms with Gasteiger partial charge in [-0.25, -0.2) is 9.78 Å². The molecule has 2 fully saturated rings. The predicted molar refractivity (Wildman–Crippen MR) is 99.7 cm³/mol. The lowest BCUT2D eigenvalue weighted by atomic mass is 9.70. The molecular weight excluding hydrogens is 368 g/mol. The Morgan fingerprint density at radius 2 is 2.15 bits per heavy atom. The van der Waals surface area contributed by atoms with E-state index in [-0.39, 0.29) is 16.3 Å². The number of halogens is 1. The van der Waals surface area contributed by atoms with Gasteiger partial charge in [0.15, 0.2) is 16.3 Å². The van der Waals surface area contributed by atoms with Gasteiger partial charge in [-0.05, 0) is 56.1 Å². The second-order valence-electron chi connectivity index (χ2n) is 7.91. The fourth-order valence-corrected chi connectivity index (χ4v) is 4.37. The first-order chi connectivity index (χ1) is 13.0. The maximum Gasteiger partial charge on any atom is 0.341 e. The minimum absolute atomic E-state index is 0.191. The van der Waals surface area contributed by atoms with Crippen molar-refractivity contribution in [3.8, 4) is 17.1 Å². The van der Waals surface area contributed by atoms with Gasteiger partial charge in [0.25, 0.3) is 0 Å². The predicted octanol–water partition coefficient (Wildman–Crippen LogP) is 3.49. The minimum Gasteiger partial charge on any atom is -0.490 e. The van der Waals surface area contributed by atoms with Gasteiger partial charge in [0.05, 0.1) is 18.0 Å². The molecule has 1 spiro atoms. The van der Waals surface area contributed by atoms with Crippen LogP contribution in [-0.2, 0) is 12.0 Å². The minimum atomic E-state index is -1.20. The van der Waals surface area contributed by atoms with Gasteiger partial charge < -0.3 is 14.4 Å². The Morgan fingerprint density at radius 3 is 2.78 bits per heavy atom. The van der Waals surface area contributed by atoms with E-state index in [1.807, 2.05) is 10.6 Å². The number of nitrogens with zero attached hydrogens (tertiary/aromatic N) is 2. The molecule has 2 aliphatic carbocycles. The van der Waals surface area contributed by atoms with Crippen LogP contribution in [0.2, 0.25) is 5.15 Å². The van der Waals surface area contributed by atoms with Crippen molar-refractivity contribution in [3.05, 3.63) is 44.8 Å². The van der Waals surface area contributed by atoms with Crippen molar-refractivity contribution in [2.75, 3.05) is 6.61 Å². The lowest BCUT2D eigenvalue weighted by Gasteiger charge is -2.48. The molecular formula is C20H19ClN2O4. The molecule has 1 N–H and O–H groups in total. The molecule has 3 aliphatic rings. The van der Waals surface area contributed by atoms with E-state index >= 15 is 0 Å². The van der Waals surface area contributed by atoms with E-state index in [2.05, 4.69) is 4.98 Å². The SMILES string of the molecule is O=C(O)c1cn2c(cc1=O)-c1nc(Cl)c(OCC3CC3)cc1CC21CCC1. The molecule has 0 saturated heterocycles. The van der Waals surface area contributed by atoms with Crippen molar-refractivity contribution in [2.45, 2.75) is 44.1 Å². The highest BCUT2D eigenvalue weighted by atomic mass is 35.5. The zero-order chi connectivity index (χ0) is 18.8. The summed E-state index contributed by atoms with van der Waals surface area (Å²) in [5.74, 6) is 0.00365. The topological polar surface area (TPSA) is 81.4 Å². The summed E-state index contributed by atoms with van der Waals surface area (Å²) in [4.78, 5) is 28.3. The van der Waals surface area contributed by atoms with Gasteiger partial charge in [-0.15, -0.1) is 0 Å². The average molecular weight is 387 g/mol. The molecule has 0 atom stereocenters. The molecule has 1 aliphatic heterocycles. The highest BCUT2D eigenvalue weighted by molar-refractivity contribution is 6.31. The maximum absolute atomic E-state index is 12.3. The Hall–Kier alpha value is -2.34. The number of hydrogen-bond donors (Lipinski definition) is 1. The molecule has 5 rings (SSSR count). The molecule has 0 bridgehead atoms. The summed E-state index contributed by atoms with van der Waals surface area (Å²) in [5, 5.41) is 9.62. The number of aromatic carboxylic acids is 1. The molecule has 27 heavy (non-hydrogen) atoms. The first-order valence-electron chi connectivity index (χ1n) is 9.30. The van der Waals surface area contributed by atoms with Crippen LogP contribution in [0, 0.1) is 5.92 Å². The van der Waals surface area contributed by atoms with E-state index in [4.69, 9.17) is 16.3 Å². The first-order valence-corrected chi connectivity index (χ1v) is 9.68. The second-order valence-corrected chi connectivity index (χ2v) is 8.26. The monoisotopic (exact) mass is 386 g/mol. The summed E-state index contributed by atoms with van der Waals surface area (Å²) in [5.41, 5.74) is 1.38. The number of aromatic nitrogens is 2. The highest BCUT2D eigenvalue weighted by Gasteiger charge is 2.44. The van der Waals surface area contributed by atoms with Crippen molar-refractivity contribution >= 4 is 17.6 Å². The number of fused-ring (bicyclic) bond motifs is 4. The lowest BCUT2D eigenvalue weighted by molar-refractivity contribution is 0.0691. The summed E-state index contributed by atoms with van der Waals surface area (Å²) in [6, 6.07) is 3.34. The lowest BCUT2D eigenvalue weighted by Crippen LogP contribution is -2.46.